The van der Waals surface area contributed by atoms with Crippen molar-refractivity contribution in [2.24, 2.45) is 5.92 Å². The molecular weight excluding hydrogens is 212 g/mol. The number of rotatable bonds is 7. The van der Waals surface area contributed by atoms with Crippen molar-refractivity contribution in [2.45, 2.75) is 33.5 Å². The fraction of sp³-hybridized carbons (Fsp3) is 0.636. The van der Waals surface area contributed by atoms with Gasteiger partial charge in [0.25, 0.3) is 0 Å². The van der Waals surface area contributed by atoms with Crippen LogP contribution < -0.4 is 0 Å². The summed E-state index contributed by atoms with van der Waals surface area (Å²) < 4.78 is 10.0. The molecule has 0 radical (unpaired) electrons. The highest BCUT2D eigenvalue weighted by Crippen LogP contribution is 2.06. The van der Waals surface area contributed by atoms with E-state index in [0.29, 0.717) is 12.5 Å². The maximum atomic E-state index is 11.3. The molecule has 0 bridgehead atoms. The number of aliphatic carboxylic acids is 1. The van der Waals surface area contributed by atoms with E-state index in [1.807, 2.05) is 13.8 Å². The maximum Gasteiger partial charge on any atom is 0.336 e. The predicted molar refractivity (Wildman–Crippen MR) is 57.7 cm³/mol. The Kier molecular flexibility index (Phi) is 6.41. The Balaban J connectivity index is 3.94. The Morgan fingerprint density at radius 1 is 1.31 bits per heavy atom. The van der Waals surface area contributed by atoms with Gasteiger partial charge in [0.05, 0.1) is 13.0 Å². The zero-order chi connectivity index (χ0) is 12.7. The highest BCUT2D eigenvalue weighted by Gasteiger charge is 2.15. The summed E-state index contributed by atoms with van der Waals surface area (Å²) in [5, 5.41) is 8.44. The van der Waals surface area contributed by atoms with Gasteiger partial charge in [0, 0.05) is 5.57 Å². The van der Waals surface area contributed by atoms with E-state index in [2.05, 4.69) is 6.58 Å². The third-order valence-electron chi connectivity index (χ3n) is 1.59. The second-order valence-corrected chi connectivity index (χ2v) is 3.87. The number of carboxylic acids is 1. The van der Waals surface area contributed by atoms with Gasteiger partial charge < -0.3 is 14.6 Å². The first-order valence-corrected chi connectivity index (χ1v) is 5.05. The van der Waals surface area contributed by atoms with Crippen LogP contribution in [0, 0.1) is 5.92 Å². The van der Waals surface area contributed by atoms with Crippen molar-refractivity contribution >= 4 is 11.9 Å². The van der Waals surface area contributed by atoms with Gasteiger partial charge in [-0.3, -0.25) is 4.79 Å². The topological polar surface area (TPSA) is 72.8 Å². The minimum absolute atomic E-state index is 0.0903. The molecule has 5 nitrogen and oxygen atoms in total. The minimum Gasteiger partial charge on any atom is -0.481 e. The van der Waals surface area contributed by atoms with Crippen LogP contribution in [0.1, 0.15) is 27.2 Å². The summed E-state index contributed by atoms with van der Waals surface area (Å²) in [7, 11) is 0. The fourth-order valence-electron chi connectivity index (χ4n) is 0.851. The lowest BCUT2D eigenvalue weighted by atomic mass is 10.2. The van der Waals surface area contributed by atoms with Gasteiger partial charge >= 0.3 is 11.9 Å². The van der Waals surface area contributed by atoms with Crippen LogP contribution in [0.4, 0.5) is 0 Å². The summed E-state index contributed by atoms with van der Waals surface area (Å²) >= 11 is 0. The standard InChI is InChI=1S/C11H18O5/c1-7(2)6-15-9(4)16-11(14)8(3)5-10(12)13/h7,9H,3,5-6H2,1-2,4H3,(H,12,13). The molecule has 1 N–H and O–H groups in total. The number of carbonyl (C=O) groups excluding carboxylic acids is 1. The molecular formula is C11H18O5. The van der Waals surface area contributed by atoms with Gasteiger partial charge in [0.2, 0.25) is 0 Å². The van der Waals surface area contributed by atoms with Gasteiger partial charge in [0.1, 0.15) is 0 Å². The van der Waals surface area contributed by atoms with E-state index in [9.17, 15) is 9.59 Å². The van der Waals surface area contributed by atoms with Crippen molar-refractivity contribution in [3.63, 3.8) is 0 Å². The molecule has 16 heavy (non-hydrogen) atoms. The molecule has 0 saturated heterocycles. The molecule has 0 fully saturated rings. The number of carbonyl (C=O) groups is 2. The lowest BCUT2D eigenvalue weighted by molar-refractivity contribution is -0.172. The first kappa shape index (κ1) is 14.6. The van der Waals surface area contributed by atoms with E-state index in [1.54, 1.807) is 6.92 Å². The summed E-state index contributed by atoms with van der Waals surface area (Å²) in [4.78, 5) is 21.6. The van der Waals surface area contributed by atoms with E-state index in [0.717, 1.165) is 0 Å². The Labute approximate surface area is 95.0 Å². The molecule has 0 aromatic heterocycles. The molecule has 0 heterocycles. The highest BCUT2D eigenvalue weighted by atomic mass is 16.7. The Hall–Kier alpha value is -1.36. The van der Waals surface area contributed by atoms with Gasteiger partial charge in [0.15, 0.2) is 6.29 Å². The molecule has 0 aromatic carbocycles. The molecule has 0 aliphatic carbocycles. The minimum atomic E-state index is -1.11. The van der Waals surface area contributed by atoms with Crippen molar-refractivity contribution in [3.8, 4) is 0 Å². The second-order valence-electron chi connectivity index (χ2n) is 3.87. The van der Waals surface area contributed by atoms with E-state index in [1.165, 1.54) is 0 Å². The molecule has 0 aromatic rings. The average molecular weight is 230 g/mol. The first-order valence-electron chi connectivity index (χ1n) is 5.05. The molecule has 0 rings (SSSR count). The van der Waals surface area contributed by atoms with Gasteiger partial charge in [-0.1, -0.05) is 20.4 Å². The SMILES string of the molecule is C=C(CC(=O)O)C(=O)OC(C)OCC(C)C. The molecule has 1 unspecified atom stereocenters. The molecule has 92 valence electrons. The van der Waals surface area contributed by atoms with Crippen LogP contribution in [0.3, 0.4) is 0 Å². The monoisotopic (exact) mass is 230 g/mol. The number of ether oxygens (including phenoxy) is 2. The van der Waals surface area contributed by atoms with Crippen LogP contribution in [0.15, 0.2) is 12.2 Å². The van der Waals surface area contributed by atoms with Crippen LogP contribution in [-0.2, 0) is 19.1 Å². The zero-order valence-corrected chi connectivity index (χ0v) is 9.86. The summed E-state index contributed by atoms with van der Waals surface area (Å²) in [5.74, 6) is -1.51. The van der Waals surface area contributed by atoms with Gasteiger partial charge in [-0.2, -0.15) is 0 Å². The smallest absolute Gasteiger partial charge is 0.336 e. The quantitative estimate of drug-likeness (QED) is 0.408. The van der Waals surface area contributed by atoms with E-state index in [-0.39, 0.29) is 5.57 Å². The van der Waals surface area contributed by atoms with E-state index in [4.69, 9.17) is 14.6 Å². The molecule has 0 amide bonds. The second kappa shape index (κ2) is 7.00. The Bertz CT molecular complexity index is 270. The Morgan fingerprint density at radius 2 is 1.88 bits per heavy atom. The van der Waals surface area contributed by atoms with Crippen LogP contribution in [0.25, 0.3) is 0 Å². The van der Waals surface area contributed by atoms with Crippen molar-refractivity contribution in [1.29, 1.82) is 0 Å². The molecule has 0 spiro atoms. The number of carboxylic acid groups (broad SMARTS) is 1. The highest BCUT2D eigenvalue weighted by molar-refractivity contribution is 5.92. The third kappa shape index (κ3) is 7.00. The summed E-state index contributed by atoms with van der Waals surface area (Å²) in [5.41, 5.74) is -0.0903. The zero-order valence-electron chi connectivity index (χ0n) is 9.86. The van der Waals surface area contributed by atoms with Crippen LogP contribution >= 0.6 is 0 Å². The lowest BCUT2D eigenvalue weighted by Crippen LogP contribution is -2.21. The predicted octanol–water partition coefficient (Wildman–Crippen LogP) is 1.58. The maximum absolute atomic E-state index is 11.3. The summed E-state index contributed by atoms with van der Waals surface area (Å²) in [6.45, 7) is 9.32. The van der Waals surface area contributed by atoms with Gasteiger partial charge in [-0.25, -0.2) is 4.79 Å². The number of hydrogen-bond donors (Lipinski definition) is 1. The first-order chi connectivity index (χ1) is 7.32. The van der Waals surface area contributed by atoms with Crippen molar-refractivity contribution < 1.29 is 24.2 Å². The molecule has 5 heteroatoms. The van der Waals surface area contributed by atoms with Crippen LogP contribution in [0.2, 0.25) is 0 Å². The fourth-order valence-corrected chi connectivity index (χ4v) is 0.851. The normalized spacial score (nSPS) is 12.2. The summed E-state index contributed by atoms with van der Waals surface area (Å²) in [6, 6.07) is 0. The van der Waals surface area contributed by atoms with Gasteiger partial charge in [-0.05, 0) is 12.8 Å². The Morgan fingerprint density at radius 3 is 2.31 bits per heavy atom. The van der Waals surface area contributed by atoms with Crippen LogP contribution in [-0.4, -0.2) is 29.9 Å². The molecule has 1 atom stereocenters. The van der Waals surface area contributed by atoms with Gasteiger partial charge in [-0.15, -0.1) is 0 Å². The van der Waals surface area contributed by atoms with E-state index >= 15 is 0 Å². The van der Waals surface area contributed by atoms with Crippen LogP contribution in [0.5, 0.6) is 0 Å². The number of esters is 1. The lowest BCUT2D eigenvalue weighted by Gasteiger charge is -2.15. The largest absolute Gasteiger partial charge is 0.481 e. The average Bonchev–Trinajstić information content (AvgIpc) is 2.13. The van der Waals surface area contributed by atoms with Crippen molar-refractivity contribution in [2.75, 3.05) is 6.61 Å². The molecule has 0 saturated carbocycles. The van der Waals surface area contributed by atoms with Crippen molar-refractivity contribution in [3.05, 3.63) is 12.2 Å². The summed E-state index contributed by atoms with van der Waals surface area (Å²) in [6.07, 6.45) is -1.11. The number of hydrogen-bond acceptors (Lipinski definition) is 4. The van der Waals surface area contributed by atoms with Crippen molar-refractivity contribution in [1.82, 2.24) is 0 Å². The van der Waals surface area contributed by atoms with E-state index < -0.39 is 24.6 Å². The molecule has 0 aliphatic rings. The third-order valence-corrected chi connectivity index (χ3v) is 1.59. The molecule has 0 aliphatic heterocycles.